The molecular weight excluding hydrogens is 578 g/mol. The van der Waals surface area contributed by atoms with E-state index in [0.29, 0.717) is 47.2 Å². The quantitative estimate of drug-likeness (QED) is 0.269. The van der Waals surface area contributed by atoms with Gasteiger partial charge in [0.05, 0.1) is 95.7 Å². The van der Waals surface area contributed by atoms with Crippen molar-refractivity contribution in [3.05, 3.63) is 90.6 Å². The Morgan fingerprint density at radius 2 is 1.49 bits per heavy atom. The van der Waals surface area contributed by atoms with Crippen molar-refractivity contribution >= 4 is 39.3 Å². The van der Waals surface area contributed by atoms with Crippen molar-refractivity contribution in [3.8, 4) is 11.4 Å². The lowest BCUT2D eigenvalue weighted by Gasteiger charge is -2.28. The van der Waals surface area contributed by atoms with Crippen LogP contribution >= 0.6 is 0 Å². The predicted octanol–water partition coefficient (Wildman–Crippen LogP) is 5.36. The molecule has 0 bridgehead atoms. The monoisotopic (exact) mass is 612 g/mol. The normalized spacial score (nSPS) is 15.0. The zero-order valence-corrected chi connectivity index (χ0v) is 24.9. The zero-order valence-electron chi connectivity index (χ0n) is 24.9. The zero-order chi connectivity index (χ0) is 31.2. The van der Waals surface area contributed by atoms with Gasteiger partial charge in [-0.15, -0.1) is 0 Å². The number of nitrogen functional groups attached to an aromatic ring is 1. The summed E-state index contributed by atoms with van der Waals surface area (Å²) in [6.07, 6.45) is 8.63. The first-order chi connectivity index (χ1) is 22.0. The van der Waals surface area contributed by atoms with Crippen LogP contribution in [0.15, 0.2) is 73.4 Å². The molecular formula is C33H34F2N8O2. The van der Waals surface area contributed by atoms with Crippen molar-refractivity contribution in [2.45, 2.75) is 6.92 Å². The van der Waals surface area contributed by atoms with Gasteiger partial charge in [-0.05, 0) is 31.2 Å². The Hall–Kier alpha value is -4.94. The van der Waals surface area contributed by atoms with Gasteiger partial charge in [-0.25, -0.2) is 13.8 Å². The molecule has 2 aliphatic heterocycles. The molecule has 2 saturated heterocycles. The fraction of sp³-hybridized carbons (Fsp3) is 0.273. The van der Waals surface area contributed by atoms with Crippen LogP contribution < -0.4 is 20.9 Å². The van der Waals surface area contributed by atoms with Crippen LogP contribution in [0.2, 0.25) is 0 Å². The Labute approximate surface area is 259 Å². The highest BCUT2D eigenvalue weighted by Gasteiger charge is 2.19. The highest BCUT2D eigenvalue weighted by Crippen LogP contribution is 2.36. The number of fused-ring (bicyclic) bond motifs is 1. The summed E-state index contributed by atoms with van der Waals surface area (Å²) < 4.78 is 39.6. The third-order valence-electron chi connectivity index (χ3n) is 7.64. The largest absolute Gasteiger partial charge is 0.397 e. The van der Waals surface area contributed by atoms with E-state index >= 15 is 0 Å². The van der Waals surface area contributed by atoms with Crippen molar-refractivity contribution in [2.24, 2.45) is 0 Å². The summed E-state index contributed by atoms with van der Waals surface area (Å²) in [5.74, 6) is -1.36. The molecule has 232 valence electrons. The number of aromatic nitrogens is 4. The van der Waals surface area contributed by atoms with Gasteiger partial charge in [0.1, 0.15) is 11.6 Å². The third-order valence-corrected chi connectivity index (χ3v) is 7.64. The number of nitrogens with zero attached hydrogens (tertiary/aromatic N) is 6. The van der Waals surface area contributed by atoms with E-state index in [0.717, 1.165) is 56.8 Å². The molecule has 0 atom stereocenters. The van der Waals surface area contributed by atoms with E-state index in [9.17, 15) is 8.78 Å². The van der Waals surface area contributed by atoms with Crippen LogP contribution in [0, 0.1) is 18.6 Å². The van der Waals surface area contributed by atoms with Crippen molar-refractivity contribution in [2.75, 3.05) is 73.5 Å². The highest BCUT2D eigenvalue weighted by atomic mass is 19.1. The van der Waals surface area contributed by atoms with E-state index in [1.54, 1.807) is 30.9 Å². The summed E-state index contributed by atoms with van der Waals surface area (Å²) in [5.41, 5.74) is 11.7. The molecule has 0 saturated carbocycles. The van der Waals surface area contributed by atoms with Gasteiger partial charge in [0.25, 0.3) is 0 Å². The molecule has 0 unspecified atom stereocenters. The van der Waals surface area contributed by atoms with Gasteiger partial charge < -0.3 is 30.3 Å². The second-order valence-electron chi connectivity index (χ2n) is 10.7. The number of nitrogens with two attached hydrogens (primary N) is 1. The summed E-state index contributed by atoms with van der Waals surface area (Å²) in [4.78, 5) is 21.7. The molecule has 1 aromatic carbocycles. The van der Waals surface area contributed by atoms with Gasteiger partial charge in [-0.3, -0.25) is 15.0 Å². The van der Waals surface area contributed by atoms with Crippen LogP contribution in [-0.4, -0.2) is 72.5 Å². The smallest absolute Gasteiger partial charge is 0.137 e. The molecule has 7 rings (SSSR count). The lowest BCUT2D eigenvalue weighted by molar-refractivity contribution is 0.122. The first kappa shape index (κ1) is 30.1. The minimum atomic E-state index is -0.680. The van der Waals surface area contributed by atoms with E-state index < -0.39 is 11.6 Å². The average molecular weight is 613 g/mol. The average Bonchev–Trinajstić information content (AvgIpc) is 3.07. The van der Waals surface area contributed by atoms with Crippen LogP contribution in [0.3, 0.4) is 0 Å². The van der Waals surface area contributed by atoms with Gasteiger partial charge in [0, 0.05) is 56.3 Å². The van der Waals surface area contributed by atoms with Crippen molar-refractivity contribution in [1.29, 1.82) is 0 Å². The van der Waals surface area contributed by atoms with Crippen molar-refractivity contribution < 1.29 is 18.3 Å². The first-order valence-electron chi connectivity index (χ1n) is 14.7. The Kier molecular flexibility index (Phi) is 9.22. The number of morpholine rings is 2. The molecule has 6 heterocycles. The molecule has 45 heavy (non-hydrogen) atoms. The topological polar surface area (TPSA) is 115 Å². The molecule has 4 aromatic heterocycles. The molecule has 0 amide bonds. The predicted molar refractivity (Wildman–Crippen MR) is 172 cm³/mol. The van der Waals surface area contributed by atoms with E-state index in [-0.39, 0.29) is 10.9 Å². The molecule has 10 nitrogen and oxygen atoms in total. The van der Waals surface area contributed by atoms with Gasteiger partial charge >= 0.3 is 0 Å². The van der Waals surface area contributed by atoms with Crippen LogP contribution in [0.1, 0.15) is 5.56 Å². The Bertz CT molecular complexity index is 1760. The van der Waals surface area contributed by atoms with Gasteiger partial charge in [0.2, 0.25) is 0 Å². The lowest BCUT2D eigenvalue weighted by atomic mass is 10.0. The number of benzene rings is 1. The van der Waals surface area contributed by atoms with E-state index in [1.165, 1.54) is 6.07 Å². The number of rotatable bonds is 5. The number of nitrogens with one attached hydrogen (secondary N) is 1. The van der Waals surface area contributed by atoms with Gasteiger partial charge in [-0.2, -0.15) is 0 Å². The minimum absolute atomic E-state index is 0.216. The van der Waals surface area contributed by atoms with Crippen LogP contribution in [0.4, 0.5) is 37.2 Å². The molecule has 0 radical (unpaired) electrons. The van der Waals surface area contributed by atoms with Crippen LogP contribution in [0.5, 0.6) is 0 Å². The fourth-order valence-electron chi connectivity index (χ4n) is 5.39. The maximum absolute atomic E-state index is 14.9. The number of pyridine rings is 4. The summed E-state index contributed by atoms with van der Waals surface area (Å²) in [6.45, 7) is 8.15. The third kappa shape index (κ3) is 7.08. The molecule has 5 aromatic rings. The number of anilines is 5. The second-order valence-corrected chi connectivity index (χ2v) is 10.7. The van der Waals surface area contributed by atoms with E-state index in [4.69, 9.17) is 15.2 Å². The van der Waals surface area contributed by atoms with E-state index in [2.05, 4.69) is 35.1 Å². The maximum atomic E-state index is 14.9. The molecule has 12 heteroatoms. The second kappa shape index (κ2) is 13.8. The molecule has 0 aliphatic carbocycles. The number of halogens is 2. The summed E-state index contributed by atoms with van der Waals surface area (Å²) in [7, 11) is 0. The van der Waals surface area contributed by atoms with Crippen LogP contribution in [0.25, 0.3) is 22.3 Å². The van der Waals surface area contributed by atoms with Crippen molar-refractivity contribution in [3.63, 3.8) is 0 Å². The van der Waals surface area contributed by atoms with Gasteiger partial charge in [0.15, 0.2) is 0 Å². The summed E-state index contributed by atoms with van der Waals surface area (Å²) in [5, 5.41) is 3.54. The SMILES string of the molecule is Cc1c(-c2ccccn2)nc2cc(F)cc(F)c2c1Nc1cncc(N2CCOCC2)c1.Nc1cncc(N2CCOCC2)c1. The summed E-state index contributed by atoms with van der Waals surface area (Å²) in [6, 6.07) is 11.5. The number of ether oxygens (including phenoxy) is 2. The standard InChI is InChI=1S/C24H21F2N5O.C9H13N3O/c1-15-23(20-4-2-3-5-28-20)30-21-11-16(25)10-19(26)22(21)24(15)29-17-12-18(14-27-13-17)31-6-8-32-9-7-31;10-8-5-9(7-11-6-8)12-1-3-13-4-2-12/h2-5,10-14H,6-9H2,1H3,(H,29,30);5-7H,1-4,10H2. The van der Waals surface area contributed by atoms with Crippen LogP contribution in [-0.2, 0) is 9.47 Å². The Balaban J connectivity index is 0.000000229. The maximum Gasteiger partial charge on any atom is 0.137 e. The Morgan fingerprint density at radius 3 is 2.13 bits per heavy atom. The fourth-order valence-corrected chi connectivity index (χ4v) is 5.39. The van der Waals surface area contributed by atoms with E-state index in [1.807, 2.05) is 37.4 Å². The number of hydrogen-bond acceptors (Lipinski definition) is 10. The van der Waals surface area contributed by atoms with Gasteiger partial charge in [-0.1, -0.05) is 6.07 Å². The minimum Gasteiger partial charge on any atom is -0.397 e. The highest BCUT2D eigenvalue weighted by molar-refractivity contribution is 5.98. The Morgan fingerprint density at radius 1 is 0.822 bits per heavy atom. The first-order valence-corrected chi connectivity index (χ1v) is 14.7. The summed E-state index contributed by atoms with van der Waals surface area (Å²) >= 11 is 0. The molecule has 0 spiro atoms. The number of hydrogen-bond donors (Lipinski definition) is 2. The lowest BCUT2D eigenvalue weighted by Crippen LogP contribution is -2.36. The van der Waals surface area contributed by atoms with Crippen molar-refractivity contribution in [1.82, 2.24) is 19.9 Å². The molecule has 2 aliphatic rings. The molecule has 3 N–H and O–H groups in total. The molecule has 2 fully saturated rings.